The lowest BCUT2D eigenvalue weighted by Gasteiger charge is -2.21. The van der Waals surface area contributed by atoms with Crippen LogP contribution in [-0.4, -0.2) is 31.3 Å². The number of carbonyl (C=O) groups excluding carboxylic acids is 1. The minimum absolute atomic E-state index is 0.0210. The molecule has 2 aliphatic rings. The highest BCUT2D eigenvalue weighted by Crippen LogP contribution is 2.30. The SMILES string of the molecule is CO[C@@H]1C=C[C@@H]2[C@H]1NC(=O)N2c1ccccc1. The second-order valence-corrected chi connectivity index (χ2v) is 4.26. The van der Waals surface area contributed by atoms with Gasteiger partial charge in [0.05, 0.1) is 18.2 Å². The van der Waals surface area contributed by atoms with Crippen LogP contribution in [0.1, 0.15) is 0 Å². The van der Waals surface area contributed by atoms with Gasteiger partial charge in [-0.2, -0.15) is 0 Å². The number of anilines is 1. The van der Waals surface area contributed by atoms with E-state index in [-0.39, 0.29) is 24.2 Å². The monoisotopic (exact) mass is 230 g/mol. The Hall–Kier alpha value is -1.81. The van der Waals surface area contributed by atoms with Crippen molar-refractivity contribution >= 4 is 11.7 Å². The van der Waals surface area contributed by atoms with E-state index >= 15 is 0 Å². The molecule has 1 heterocycles. The first kappa shape index (κ1) is 10.4. The van der Waals surface area contributed by atoms with Crippen LogP contribution in [0.2, 0.25) is 0 Å². The molecule has 0 aromatic heterocycles. The molecule has 2 amide bonds. The largest absolute Gasteiger partial charge is 0.375 e. The van der Waals surface area contributed by atoms with Crippen LogP contribution in [0.25, 0.3) is 0 Å². The van der Waals surface area contributed by atoms with E-state index in [0.717, 1.165) is 5.69 Å². The van der Waals surface area contributed by atoms with Gasteiger partial charge in [0, 0.05) is 12.8 Å². The van der Waals surface area contributed by atoms with Crippen molar-refractivity contribution in [2.45, 2.75) is 18.2 Å². The van der Waals surface area contributed by atoms with Gasteiger partial charge in [-0.3, -0.25) is 4.90 Å². The number of amides is 2. The number of ether oxygens (including phenoxy) is 1. The maximum Gasteiger partial charge on any atom is 0.322 e. The number of benzene rings is 1. The lowest BCUT2D eigenvalue weighted by Crippen LogP contribution is -2.39. The predicted molar refractivity (Wildman–Crippen MR) is 65.0 cm³/mol. The Morgan fingerprint density at radius 3 is 2.71 bits per heavy atom. The molecular weight excluding hydrogens is 216 g/mol. The number of carbonyl (C=O) groups is 1. The molecule has 3 rings (SSSR count). The third-order valence-corrected chi connectivity index (χ3v) is 3.33. The summed E-state index contributed by atoms with van der Waals surface area (Å²) in [6, 6.07) is 9.70. The Labute approximate surface area is 99.9 Å². The van der Waals surface area contributed by atoms with Gasteiger partial charge in [-0.1, -0.05) is 30.4 Å². The molecule has 1 aromatic rings. The second kappa shape index (κ2) is 3.89. The van der Waals surface area contributed by atoms with Crippen LogP contribution in [0, 0.1) is 0 Å². The average Bonchev–Trinajstić information content (AvgIpc) is 2.87. The van der Waals surface area contributed by atoms with Crippen molar-refractivity contribution in [2.24, 2.45) is 0 Å². The molecule has 0 saturated carbocycles. The number of hydrogen-bond donors (Lipinski definition) is 1. The predicted octanol–water partition coefficient (Wildman–Crippen LogP) is 1.54. The van der Waals surface area contributed by atoms with E-state index in [4.69, 9.17) is 4.74 Å². The number of methoxy groups -OCH3 is 1. The summed E-state index contributed by atoms with van der Waals surface area (Å²) in [6.45, 7) is 0. The van der Waals surface area contributed by atoms with Crippen molar-refractivity contribution in [3.05, 3.63) is 42.5 Å². The molecule has 0 bridgehead atoms. The van der Waals surface area contributed by atoms with Crippen LogP contribution in [0.5, 0.6) is 0 Å². The fourth-order valence-corrected chi connectivity index (χ4v) is 2.52. The first-order valence-electron chi connectivity index (χ1n) is 5.67. The maximum absolute atomic E-state index is 12.0. The van der Waals surface area contributed by atoms with Crippen LogP contribution >= 0.6 is 0 Å². The fourth-order valence-electron chi connectivity index (χ4n) is 2.52. The molecule has 1 N–H and O–H groups in total. The summed E-state index contributed by atoms with van der Waals surface area (Å²) in [5.74, 6) is 0. The summed E-state index contributed by atoms with van der Waals surface area (Å²) >= 11 is 0. The first-order chi connectivity index (χ1) is 8.31. The zero-order valence-electron chi connectivity index (χ0n) is 9.54. The number of para-hydroxylation sites is 1. The standard InChI is InChI=1S/C13H14N2O2/c1-17-11-8-7-10-12(11)14-13(16)15(10)9-5-3-2-4-6-9/h2-8,10-12H,1H3,(H,14,16)/t10-,11-,12-/m1/s1. The molecule has 88 valence electrons. The zero-order chi connectivity index (χ0) is 11.8. The number of rotatable bonds is 2. The molecule has 4 nitrogen and oxygen atoms in total. The Bertz CT molecular complexity index is 458. The lowest BCUT2D eigenvalue weighted by atomic mass is 10.1. The fraction of sp³-hybridized carbons (Fsp3) is 0.308. The third kappa shape index (κ3) is 1.52. The Morgan fingerprint density at radius 2 is 2.00 bits per heavy atom. The molecule has 0 spiro atoms. The van der Waals surface area contributed by atoms with Crippen molar-refractivity contribution in [1.29, 1.82) is 0 Å². The lowest BCUT2D eigenvalue weighted by molar-refractivity contribution is 0.119. The topological polar surface area (TPSA) is 41.6 Å². The van der Waals surface area contributed by atoms with Gasteiger partial charge in [-0.15, -0.1) is 0 Å². The minimum atomic E-state index is -0.0578. The summed E-state index contributed by atoms with van der Waals surface area (Å²) < 4.78 is 5.33. The van der Waals surface area contributed by atoms with Crippen LogP contribution in [0.3, 0.4) is 0 Å². The normalized spacial score (nSPS) is 30.5. The van der Waals surface area contributed by atoms with Crippen LogP contribution in [0.4, 0.5) is 10.5 Å². The molecule has 3 atom stereocenters. The Morgan fingerprint density at radius 1 is 1.24 bits per heavy atom. The van der Waals surface area contributed by atoms with E-state index in [1.165, 1.54) is 0 Å². The minimum Gasteiger partial charge on any atom is -0.375 e. The van der Waals surface area contributed by atoms with Gasteiger partial charge in [0.25, 0.3) is 0 Å². The molecule has 1 aliphatic heterocycles. The van der Waals surface area contributed by atoms with Crippen molar-refractivity contribution in [3.63, 3.8) is 0 Å². The summed E-state index contributed by atoms with van der Waals surface area (Å²) in [7, 11) is 1.66. The molecule has 4 heteroatoms. The molecular formula is C13H14N2O2. The van der Waals surface area contributed by atoms with Gasteiger partial charge >= 0.3 is 6.03 Å². The molecule has 0 radical (unpaired) electrons. The van der Waals surface area contributed by atoms with Crippen molar-refractivity contribution in [1.82, 2.24) is 5.32 Å². The van der Waals surface area contributed by atoms with Gasteiger partial charge in [0.2, 0.25) is 0 Å². The van der Waals surface area contributed by atoms with Crippen molar-refractivity contribution in [3.8, 4) is 0 Å². The molecule has 0 unspecified atom stereocenters. The summed E-state index contributed by atoms with van der Waals surface area (Å²) in [5.41, 5.74) is 0.916. The highest BCUT2D eigenvalue weighted by molar-refractivity contribution is 5.96. The van der Waals surface area contributed by atoms with E-state index in [1.807, 2.05) is 42.5 Å². The van der Waals surface area contributed by atoms with Crippen LogP contribution in [-0.2, 0) is 4.74 Å². The maximum atomic E-state index is 12.0. The summed E-state index contributed by atoms with van der Waals surface area (Å²) in [6.07, 6.45) is 4.01. The number of fused-ring (bicyclic) bond motifs is 1. The number of nitrogens with zero attached hydrogens (tertiary/aromatic N) is 1. The summed E-state index contributed by atoms with van der Waals surface area (Å²) in [4.78, 5) is 13.8. The van der Waals surface area contributed by atoms with Gasteiger partial charge in [-0.25, -0.2) is 4.79 Å². The van der Waals surface area contributed by atoms with Crippen molar-refractivity contribution < 1.29 is 9.53 Å². The van der Waals surface area contributed by atoms with Crippen LogP contribution < -0.4 is 10.2 Å². The molecule has 1 saturated heterocycles. The second-order valence-electron chi connectivity index (χ2n) is 4.26. The van der Waals surface area contributed by atoms with E-state index in [9.17, 15) is 4.79 Å². The van der Waals surface area contributed by atoms with E-state index < -0.39 is 0 Å². The van der Waals surface area contributed by atoms with Gasteiger partial charge in [-0.05, 0) is 12.1 Å². The van der Waals surface area contributed by atoms with E-state index in [1.54, 1.807) is 12.0 Å². The Kier molecular flexibility index (Phi) is 2.37. The Balaban J connectivity index is 1.92. The molecule has 1 fully saturated rings. The van der Waals surface area contributed by atoms with E-state index in [2.05, 4.69) is 5.32 Å². The van der Waals surface area contributed by atoms with Gasteiger partial charge in [0.1, 0.15) is 0 Å². The van der Waals surface area contributed by atoms with Crippen LogP contribution in [0.15, 0.2) is 42.5 Å². The smallest absolute Gasteiger partial charge is 0.322 e. The van der Waals surface area contributed by atoms with Gasteiger partial charge in [0.15, 0.2) is 0 Å². The molecule has 1 aromatic carbocycles. The highest BCUT2D eigenvalue weighted by atomic mass is 16.5. The quantitative estimate of drug-likeness (QED) is 0.783. The third-order valence-electron chi connectivity index (χ3n) is 3.33. The van der Waals surface area contributed by atoms with Crippen molar-refractivity contribution in [2.75, 3.05) is 12.0 Å². The number of hydrogen-bond acceptors (Lipinski definition) is 2. The van der Waals surface area contributed by atoms with Gasteiger partial charge < -0.3 is 10.1 Å². The number of nitrogens with one attached hydrogen (secondary N) is 1. The molecule has 1 aliphatic carbocycles. The first-order valence-corrected chi connectivity index (χ1v) is 5.67. The molecule has 17 heavy (non-hydrogen) atoms. The highest BCUT2D eigenvalue weighted by Gasteiger charge is 2.45. The van der Waals surface area contributed by atoms with E-state index in [0.29, 0.717) is 0 Å². The summed E-state index contributed by atoms with van der Waals surface area (Å²) in [5, 5.41) is 2.96. The average molecular weight is 230 g/mol. The number of urea groups is 1. The zero-order valence-corrected chi connectivity index (χ0v) is 9.54.